The molecular formula is C15H27N3O. The maximum atomic E-state index is 5.93. The Labute approximate surface area is 116 Å². The number of aromatic nitrogens is 1. The van der Waals surface area contributed by atoms with Crippen LogP contribution < -0.4 is 11.1 Å². The van der Waals surface area contributed by atoms with Gasteiger partial charge in [0.25, 0.3) is 0 Å². The van der Waals surface area contributed by atoms with Gasteiger partial charge in [0.05, 0.1) is 6.10 Å². The lowest BCUT2D eigenvalue weighted by Gasteiger charge is -2.28. The maximum Gasteiger partial charge on any atom is 0.126 e. The Morgan fingerprint density at radius 2 is 2.16 bits per heavy atom. The largest absolute Gasteiger partial charge is 0.383 e. The van der Waals surface area contributed by atoms with Crippen LogP contribution in [0.25, 0.3) is 0 Å². The zero-order valence-corrected chi connectivity index (χ0v) is 12.4. The molecule has 108 valence electrons. The Balaban J connectivity index is 2.77. The molecule has 0 aliphatic rings. The number of pyridine rings is 1. The number of nitrogens with zero attached hydrogens (tertiary/aromatic N) is 1. The van der Waals surface area contributed by atoms with E-state index >= 15 is 0 Å². The normalized spacial score (nSPS) is 14.3. The van der Waals surface area contributed by atoms with Crippen molar-refractivity contribution in [3.63, 3.8) is 0 Å². The van der Waals surface area contributed by atoms with E-state index < -0.39 is 0 Å². The fourth-order valence-corrected chi connectivity index (χ4v) is 2.36. The van der Waals surface area contributed by atoms with E-state index in [4.69, 9.17) is 10.5 Å². The van der Waals surface area contributed by atoms with Crippen molar-refractivity contribution in [2.24, 2.45) is 0 Å². The number of likely N-dealkylation sites (N-methyl/N-ethyl adjacent to an activating group) is 1. The van der Waals surface area contributed by atoms with Crippen LogP contribution in [0.1, 0.15) is 39.2 Å². The number of hydrogen-bond acceptors (Lipinski definition) is 4. The molecule has 0 aliphatic carbocycles. The minimum atomic E-state index is 0.231. The first-order valence-corrected chi connectivity index (χ1v) is 7.27. The van der Waals surface area contributed by atoms with Gasteiger partial charge in [-0.1, -0.05) is 26.3 Å². The van der Waals surface area contributed by atoms with Gasteiger partial charge in [0.1, 0.15) is 5.82 Å². The van der Waals surface area contributed by atoms with Crippen molar-refractivity contribution in [2.45, 2.75) is 52.2 Å². The highest BCUT2D eigenvalue weighted by molar-refractivity contribution is 5.39. The van der Waals surface area contributed by atoms with Crippen molar-refractivity contribution in [2.75, 3.05) is 18.9 Å². The monoisotopic (exact) mass is 265 g/mol. The molecule has 0 fully saturated rings. The van der Waals surface area contributed by atoms with E-state index in [9.17, 15) is 0 Å². The van der Waals surface area contributed by atoms with Gasteiger partial charge in [-0.25, -0.2) is 4.98 Å². The fraction of sp³-hybridized carbons (Fsp3) is 0.667. The molecule has 1 rings (SSSR count). The van der Waals surface area contributed by atoms with E-state index in [-0.39, 0.29) is 12.1 Å². The Hall–Kier alpha value is -1.13. The lowest BCUT2D eigenvalue weighted by Crippen LogP contribution is -2.43. The van der Waals surface area contributed by atoms with E-state index in [1.54, 1.807) is 6.20 Å². The Morgan fingerprint density at radius 1 is 1.37 bits per heavy atom. The smallest absolute Gasteiger partial charge is 0.126 e. The third-order valence-electron chi connectivity index (χ3n) is 3.23. The number of hydrogen-bond donors (Lipinski definition) is 2. The molecule has 0 aromatic carbocycles. The Kier molecular flexibility index (Phi) is 7.45. The number of nitrogen functional groups attached to an aromatic ring is 1. The van der Waals surface area contributed by atoms with Gasteiger partial charge in [-0.15, -0.1) is 0 Å². The summed E-state index contributed by atoms with van der Waals surface area (Å²) in [6.45, 7) is 8.03. The number of rotatable bonds is 9. The molecule has 3 N–H and O–H groups in total. The molecule has 0 spiro atoms. The van der Waals surface area contributed by atoms with Crippen molar-refractivity contribution in [3.8, 4) is 0 Å². The fourth-order valence-electron chi connectivity index (χ4n) is 2.36. The van der Waals surface area contributed by atoms with Crippen LogP contribution in [0, 0.1) is 0 Å². The van der Waals surface area contributed by atoms with Crippen LogP contribution >= 0.6 is 0 Å². The highest BCUT2D eigenvalue weighted by Gasteiger charge is 2.21. The second-order valence-electron chi connectivity index (χ2n) is 4.70. The first kappa shape index (κ1) is 15.9. The van der Waals surface area contributed by atoms with E-state index in [1.165, 1.54) is 0 Å². The zero-order chi connectivity index (χ0) is 14.1. The molecule has 0 amide bonds. The molecule has 0 saturated heterocycles. The van der Waals surface area contributed by atoms with E-state index in [1.807, 2.05) is 19.1 Å². The molecule has 4 heteroatoms. The summed E-state index contributed by atoms with van der Waals surface area (Å²) in [5, 5.41) is 3.52. The predicted octanol–water partition coefficient (Wildman–Crippen LogP) is 2.39. The van der Waals surface area contributed by atoms with Crippen LogP contribution in [-0.4, -0.2) is 30.3 Å². The molecule has 2 unspecified atom stereocenters. The second-order valence-corrected chi connectivity index (χ2v) is 4.70. The van der Waals surface area contributed by atoms with Crippen LogP contribution in [0.2, 0.25) is 0 Å². The summed E-state index contributed by atoms with van der Waals surface area (Å²) in [5.74, 6) is 0.622. The van der Waals surface area contributed by atoms with Gasteiger partial charge in [0.15, 0.2) is 0 Å². The van der Waals surface area contributed by atoms with Gasteiger partial charge >= 0.3 is 0 Å². The van der Waals surface area contributed by atoms with Crippen LogP contribution in [0.4, 0.5) is 5.82 Å². The average Bonchev–Trinajstić information content (AvgIpc) is 2.40. The molecule has 1 aromatic rings. The number of anilines is 1. The summed E-state index contributed by atoms with van der Waals surface area (Å²) < 4.78 is 5.89. The summed E-state index contributed by atoms with van der Waals surface area (Å²) in [6, 6.07) is 4.27. The molecule has 1 aromatic heterocycles. The van der Waals surface area contributed by atoms with Gasteiger partial charge < -0.3 is 15.8 Å². The molecule has 0 saturated carbocycles. The summed E-state index contributed by atoms with van der Waals surface area (Å²) in [5.41, 5.74) is 7.03. The summed E-state index contributed by atoms with van der Waals surface area (Å²) in [6.07, 6.45) is 5.00. The van der Waals surface area contributed by atoms with Crippen LogP contribution in [0.3, 0.4) is 0 Å². The molecule has 1 heterocycles. The molecule has 2 atom stereocenters. The number of nitrogens with two attached hydrogens (primary N) is 1. The maximum absolute atomic E-state index is 5.93. The first-order valence-electron chi connectivity index (χ1n) is 7.27. The van der Waals surface area contributed by atoms with Crippen molar-refractivity contribution in [1.29, 1.82) is 0 Å². The van der Waals surface area contributed by atoms with Crippen LogP contribution in [0.5, 0.6) is 0 Å². The molecule has 0 bridgehead atoms. The second kappa shape index (κ2) is 8.88. The summed E-state index contributed by atoms with van der Waals surface area (Å²) in [4.78, 5) is 4.15. The standard InChI is InChI=1S/C15H27N3O/c1-4-8-14(19-6-3)13(17-5-2)11-12-9-7-10-18-15(12)16/h7,9-10,13-14,17H,4-6,8,11H2,1-3H3,(H2,16,18). The lowest BCUT2D eigenvalue weighted by molar-refractivity contribution is 0.0286. The topological polar surface area (TPSA) is 60.2 Å². The molecule has 4 nitrogen and oxygen atoms in total. The molecule has 19 heavy (non-hydrogen) atoms. The quantitative estimate of drug-likeness (QED) is 0.720. The first-order chi connectivity index (χ1) is 9.22. The number of nitrogens with one attached hydrogen (secondary N) is 1. The minimum absolute atomic E-state index is 0.231. The average molecular weight is 265 g/mol. The predicted molar refractivity (Wildman–Crippen MR) is 80.1 cm³/mol. The van der Waals surface area contributed by atoms with Crippen LogP contribution in [0.15, 0.2) is 18.3 Å². The Bertz CT molecular complexity index is 351. The van der Waals surface area contributed by atoms with Gasteiger partial charge in [0.2, 0.25) is 0 Å². The third kappa shape index (κ3) is 5.17. The van der Waals surface area contributed by atoms with Gasteiger partial charge in [-0.05, 0) is 37.9 Å². The van der Waals surface area contributed by atoms with Crippen molar-refractivity contribution >= 4 is 5.82 Å². The third-order valence-corrected chi connectivity index (χ3v) is 3.23. The van der Waals surface area contributed by atoms with E-state index in [0.717, 1.165) is 38.0 Å². The van der Waals surface area contributed by atoms with Crippen molar-refractivity contribution in [3.05, 3.63) is 23.9 Å². The van der Waals surface area contributed by atoms with Crippen molar-refractivity contribution < 1.29 is 4.74 Å². The molecular weight excluding hydrogens is 238 g/mol. The molecule has 0 aliphatic heterocycles. The zero-order valence-electron chi connectivity index (χ0n) is 12.4. The van der Waals surface area contributed by atoms with Crippen molar-refractivity contribution in [1.82, 2.24) is 10.3 Å². The minimum Gasteiger partial charge on any atom is -0.383 e. The van der Waals surface area contributed by atoms with E-state index in [0.29, 0.717) is 5.82 Å². The van der Waals surface area contributed by atoms with Crippen LogP contribution in [-0.2, 0) is 11.2 Å². The van der Waals surface area contributed by atoms with Gasteiger partial charge in [-0.3, -0.25) is 0 Å². The van der Waals surface area contributed by atoms with E-state index in [2.05, 4.69) is 24.1 Å². The lowest BCUT2D eigenvalue weighted by atomic mass is 9.98. The summed E-state index contributed by atoms with van der Waals surface area (Å²) in [7, 11) is 0. The summed E-state index contributed by atoms with van der Waals surface area (Å²) >= 11 is 0. The highest BCUT2D eigenvalue weighted by atomic mass is 16.5. The highest BCUT2D eigenvalue weighted by Crippen LogP contribution is 2.16. The SMILES string of the molecule is CCCC(OCC)C(Cc1cccnc1N)NCC. The van der Waals surface area contributed by atoms with Gasteiger partial charge in [0, 0.05) is 18.8 Å². The molecule has 0 radical (unpaired) electrons. The van der Waals surface area contributed by atoms with Gasteiger partial charge in [-0.2, -0.15) is 0 Å². The number of ether oxygens (including phenoxy) is 1. The Morgan fingerprint density at radius 3 is 2.74 bits per heavy atom.